The minimum absolute atomic E-state index is 0.0209. The number of rotatable bonds is 16. The van der Waals surface area contributed by atoms with Gasteiger partial charge in [0.05, 0.1) is 17.4 Å². The minimum atomic E-state index is -1.31. The predicted octanol–water partition coefficient (Wildman–Crippen LogP) is 8.63. The first kappa shape index (κ1) is 46.5. The van der Waals surface area contributed by atoms with Crippen molar-refractivity contribution in [1.29, 1.82) is 0 Å². The number of anilines is 1. The van der Waals surface area contributed by atoms with Crippen LogP contribution in [0.2, 0.25) is 0 Å². The Balaban J connectivity index is 0.900. The number of nitrogens with one attached hydrogen (secondary N) is 2. The van der Waals surface area contributed by atoms with E-state index in [2.05, 4.69) is 57.2 Å². The SMILES string of the molecule is CON=C(C(=O)NC1C(=O)N2CC(C=CCn3cnc4cc(O)c(O)cc43)(C(=O)OC(c3ccccc3)c3ccccc3)CS[C@H]12)c1csc(NC(c2ccccc2)(c2ccccc2)c2ccccc2)n1. The third-order valence-corrected chi connectivity index (χ3v) is 15.1. The van der Waals surface area contributed by atoms with E-state index in [1.54, 1.807) is 27.3 Å². The molecule has 8 aromatic rings. The molecule has 2 aliphatic rings. The molecule has 0 radical (unpaired) electrons. The first-order valence-electron chi connectivity index (χ1n) is 22.8. The van der Waals surface area contributed by atoms with Gasteiger partial charge in [-0.3, -0.25) is 14.4 Å². The third-order valence-electron chi connectivity index (χ3n) is 12.7. The number of amides is 2. The maximum atomic E-state index is 14.8. The van der Waals surface area contributed by atoms with Gasteiger partial charge in [0.2, 0.25) is 5.91 Å². The van der Waals surface area contributed by atoms with Gasteiger partial charge in [0, 0.05) is 36.4 Å². The standard InChI is InChI=1S/C55H47N7O7S2/c1-68-60-46(42-32-70-53(57-42)59-55(38-22-11-4-12-23-38,39-24-13-5-14-25-39)40-26-15-6-16-27-40)49(65)58-47-50(66)62-33-54(34-71-51(47)62,28-17-29-61-35-56-41-30-44(63)45(64)31-43(41)61)52(67)69-48(36-18-7-2-8-19-36)37-20-9-3-10-21-37/h2-28,30-32,35,47-48,51,63-64H,29,33-34H2,1H3,(H,57,59)(H,58,65)/t47?,51-,54?/m1/s1. The van der Waals surface area contributed by atoms with Crippen LogP contribution in [0.5, 0.6) is 11.5 Å². The molecule has 0 bridgehead atoms. The lowest BCUT2D eigenvalue weighted by Crippen LogP contribution is -2.74. The lowest BCUT2D eigenvalue weighted by Gasteiger charge is -2.53. The van der Waals surface area contributed by atoms with Crippen LogP contribution in [0.15, 0.2) is 193 Å². The molecule has 0 spiro atoms. The number of aromatic hydroxyl groups is 2. The van der Waals surface area contributed by atoms with Gasteiger partial charge in [0.25, 0.3) is 5.91 Å². The number of carbonyl (C=O) groups is 3. The highest BCUT2D eigenvalue weighted by Crippen LogP contribution is 2.45. The minimum Gasteiger partial charge on any atom is -0.504 e. The summed E-state index contributed by atoms with van der Waals surface area (Å²) in [5.41, 5.74) is 3.49. The van der Waals surface area contributed by atoms with Crippen molar-refractivity contribution in [2.24, 2.45) is 10.6 Å². The van der Waals surface area contributed by atoms with Crippen LogP contribution in [0.25, 0.3) is 11.0 Å². The molecule has 2 unspecified atom stereocenters. The smallest absolute Gasteiger partial charge is 0.319 e. The summed E-state index contributed by atoms with van der Waals surface area (Å²) in [6, 6.07) is 51.1. The second-order valence-corrected chi connectivity index (χ2v) is 19.1. The van der Waals surface area contributed by atoms with E-state index < -0.39 is 40.4 Å². The number of phenolic OH excluding ortho intramolecular Hbond substituents is 2. The summed E-state index contributed by atoms with van der Waals surface area (Å²) in [4.78, 5) is 59.3. The summed E-state index contributed by atoms with van der Waals surface area (Å²) in [6.07, 6.45) is 4.42. The van der Waals surface area contributed by atoms with Gasteiger partial charge >= 0.3 is 5.97 Å². The Kier molecular flexibility index (Phi) is 13.1. The molecule has 0 aliphatic carbocycles. The Hall–Kier alpha value is -8.21. The van der Waals surface area contributed by atoms with E-state index in [0.29, 0.717) is 16.2 Å². The molecule has 2 amide bonds. The number of nitrogens with zero attached hydrogens (tertiary/aromatic N) is 5. The molecule has 356 valence electrons. The molecule has 10 rings (SSSR count). The van der Waals surface area contributed by atoms with Crippen LogP contribution in [0.3, 0.4) is 0 Å². The molecule has 16 heteroatoms. The van der Waals surface area contributed by atoms with Crippen molar-refractivity contribution in [3.05, 3.63) is 221 Å². The van der Waals surface area contributed by atoms with Gasteiger partial charge in [-0.25, -0.2) is 9.97 Å². The van der Waals surface area contributed by atoms with E-state index >= 15 is 0 Å². The molecule has 2 aliphatic heterocycles. The molecular weight excluding hydrogens is 935 g/mol. The van der Waals surface area contributed by atoms with Gasteiger partial charge in [-0.15, -0.1) is 23.1 Å². The Bertz CT molecular complexity index is 3110. The maximum absolute atomic E-state index is 14.8. The normalized spacial score (nSPS) is 18.0. The molecule has 3 atom stereocenters. The molecule has 4 heterocycles. The molecule has 2 fully saturated rings. The van der Waals surface area contributed by atoms with Crippen molar-refractivity contribution < 1.29 is 34.2 Å². The largest absolute Gasteiger partial charge is 0.504 e. The van der Waals surface area contributed by atoms with Crippen LogP contribution >= 0.6 is 23.1 Å². The number of ether oxygens (including phenoxy) is 1. The highest BCUT2D eigenvalue weighted by atomic mass is 32.2. The molecule has 2 aromatic heterocycles. The van der Waals surface area contributed by atoms with Crippen molar-refractivity contribution >= 4 is 62.8 Å². The zero-order chi connectivity index (χ0) is 49.0. The van der Waals surface area contributed by atoms with Crippen LogP contribution in [0.1, 0.15) is 39.6 Å². The van der Waals surface area contributed by atoms with Crippen LogP contribution in [-0.4, -0.2) is 84.0 Å². The number of thiazole rings is 1. The van der Waals surface area contributed by atoms with Gasteiger partial charge in [0.15, 0.2) is 28.4 Å². The number of phenols is 2. The van der Waals surface area contributed by atoms with Crippen molar-refractivity contribution in [3.8, 4) is 11.5 Å². The maximum Gasteiger partial charge on any atom is 0.319 e. The van der Waals surface area contributed by atoms with E-state index in [1.807, 2.05) is 121 Å². The van der Waals surface area contributed by atoms with Gasteiger partial charge in [-0.2, -0.15) is 0 Å². The van der Waals surface area contributed by atoms with Crippen LogP contribution in [0.4, 0.5) is 5.13 Å². The van der Waals surface area contributed by atoms with E-state index in [0.717, 1.165) is 27.8 Å². The van der Waals surface area contributed by atoms with Crippen molar-refractivity contribution in [1.82, 2.24) is 24.8 Å². The molecule has 2 saturated heterocycles. The number of hydrogen-bond donors (Lipinski definition) is 4. The fourth-order valence-electron chi connectivity index (χ4n) is 9.20. The number of β-lactam (4-membered cyclic amide) rings is 1. The van der Waals surface area contributed by atoms with Crippen LogP contribution < -0.4 is 10.6 Å². The first-order chi connectivity index (χ1) is 34.7. The summed E-state index contributed by atoms with van der Waals surface area (Å²) in [7, 11) is 1.34. The van der Waals surface area contributed by atoms with E-state index in [4.69, 9.17) is 14.6 Å². The molecular formula is C55H47N7O7S2. The van der Waals surface area contributed by atoms with E-state index in [9.17, 15) is 24.6 Å². The number of oxime groups is 1. The van der Waals surface area contributed by atoms with Gasteiger partial charge in [-0.1, -0.05) is 169 Å². The lowest BCUT2D eigenvalue weighted by atomic mass is 9.77. The Labute approximate surface area is 417 Å². The summed E-state index contributed by atoms with van der Waals surface area (Å²) >= 11 is 2.67. The first-order valence-corrected chi connectivity index (χ1v) is 24.7. The number of imidazole rings is 1. The zero-order valence-corrected chi connectivity index (χ0v) is 39.9. The number of fused-ring (bicyclic) bond motifs is 2. The second kappa shape index (κ2) is 20.0. The summed E-state index contributed by atoms with van der Waals surface area (Å²) in [5, 5.41) is 32.8. The quantitative estimate of drug-likeness (QED) is 0.0138. The summed E-state index contributed by atoms with van der Waals surface area (Å²) in [6.45, 7) is 0.228. The van der Waals surface area contributed by atoms with Gasteiger partial charge in [-0.05, 0) is 27.8 Å². The molecule has 6 aromatic carbocycles. The van der Waals surface area contributed by atoms with Crippen molar-refractivity contribution in [2.45, 2.75) is 29.6 Å². The highest BCUT2D eigenvalue weighted by Gasteiger charge is 2.57. The number of aromatic nitrogens is 3. The zero-order valence-electron chi connectivity index (χ0n) is 38.2. The number of allylic oxidation sites excluding steroid dienone is 1. The average molecular weight is 982 g/mol. The number of thioether (sulfide) groups is 1. The fraction of sp³-hybridized carbons (Fsp3) is 0.164. The number of esters is 1. The van der Waals surface area contributed by atoms with Crippen molar-refractivity contribution in [2.75, 3.05) is 24.7 Å². The van der Waals surface area contributed by atoms with Gasteiger partial charge < -0.3 is 39.9 Å². The van der Waals surface area contributed by atoms with E-state index in [-0.39, 0.29) is 47.7 Å². The summed E-state index contributed by atoms with van der Waals surface area (Å²) < 4.78 is 8.24. The third kappa shape index (κ3) is 9.10. The average Bonchev–Trinajstić information content (AvgIpc) is 4.05. The Morgan fingerprint density at radius 2 is 1.41 bits per heavy atom. The molecule has 14 nitrogen and oxygen atoms in total. The van der Waals surface area contributed by atoms with Crippen LogP contribution in [-0.2, 0) is 36.0 Å². The van der Waals surface area contributed by atoms with Crippen LogP contribution in [0, 0.1) is 5.41 Å². The van der Waals surface area contributed by atoms with Crippen molar-refractivity contribution in [3.63, 3.8) is 0 Å². The topological polar surface area (TPSA) is 180 Å². The highest BCUT2D eigenvalue weighted by molar-refractivity contribution is 8.00. The predicted molar refractivity (Wildman–Crippen MR) is 274 cm³/mol. The monoisotopic (exact) mass is 981 g/mol. The Morgan fingerprint density at radius 3 is 1.99 bits per heavy atom. The van der Waals surface area contributed by atoms with Gasteiger partial charge in [0.1, 0.15) is 35.2 Å². The molecule has 0 saturated carbocycles. The molecule has 71 heavy (non-hydrogen) atoms. The second-order valence-electron chi connectivity index (χ2n) is 17.1. The number of hydrogen-bond acceptors (Lipinski definition) is 13. The lowest BCUT2D eigenvalue weighted by molar-refractivity contribution is -0.162. The Morgan fingerprint density at radius 1 is 0.845 bits per heavy atom. The fourth-order valence-corrected chi connectivity index (χ4v) is 11.5. The number of benzene rings is 6. The molecule has 4 N–H and O–H groups in total. The van der Waals surface area contributed by atoms with E-state index in [1.165, 1.54) is 42.3 Å². The summed E-state index contributed by atoms with van der Waals surface area (Å²) in [5.74, 6) is -1.92. The number of carbonyl (C=O) groups excluding carboxylic acids is 3.